The Balaban J connectivity index is 2.59. The van der Waals surface area contributed by atoms with Crippen molar-refractivity contribution in [2.24, 2.45) is 0 Å². The fourth-order valence-electron chi connectivity index (χ4n) is 1.78. The van der Waals surface area contributed by atoms with Crippen LogP contribution in [-0.2, 0) is 11.8 Å². The second-order valence-corrected chi connectivity index (χ2v) is 4.59. The number of aromatic nitrogens is 1. The molecule has 1 aliphatic rings. The van der Waals surface area contributed by atoms with Gasteiger partial charge in [0, 0.05) is 11.6 Å². The maximum Gasteiger partial charge on any atom is 0.0532 e. The zero-order chi connectivity index (χ0) is 9.47. The molecule has 0 aromatic carbocycles. The SMILES string of the molecule is CC(C)(C)c1nccc2c1C=CC2. The summed E-state index contributed by atoms with van der Waals surface area (Å²) in [5.74, 6) is 0. The zero-order valence-electron chi connectivity index (χ0n) is 8.46. The van der Waals surface area contributed by atoms with Crippen LogP contribution in [0.25, 0.3) is 6.08 Å². The van der Waals surface area contributed by atoms with E-state index in [0.717, 1.165) is 6.42 Å². The molecular weight excluding hydrogens is 158 g/mol. The van der Waals surface area contributed by atoms with Gasteiger partial charge in [-0.3, -0.25) is 4.98 Å². The van der Waals surface area contributed by atoms with Crippen LogP contribution in [0.2, 0.25) is 0 Å². The van der Waals surface area contributed by atoms with Crippen LogP contribution >= 0.6 is 0 Å². The molecule has 0 fully saturated rings. The third-order valence-electron chi connectivity index (χ3n) is 2.41. The van der Waals surface area contributed by atoms with Crippen LogP contribution in [0.4, 0.5) is 0 Å². The summed E-state index contributed by atoms with van der Waals surface area (Å²) in [4.78, 5) is 4.47. The molecule has 0 N–H and O–H groups in total. The van der Waals surface area contributed by atoms with Gasteiger partial charge in [0.05, 0.1) is 5.69 Å². The van der Waals surface area contributed by atoms with E-state index >= 15 is 0 Å². The second-order valence-electron chi connectivity index (χ2n) is 4.59. The Morgan fingerprint density at radius 1 is 1.31 bits per heavy atom. The highest BCUT2D eigenvalue weighted by molar-refractivity contribution is 5.62. The first-order valence-corrected chi connectivity index (χ1v) is 4.74. The Labute approximate surface area is 79.5 Å². The topological polar surface area (TPSA) is 12.9 Å². The molecule has 1 aromatic rings. The molecule has 0 saturated heterocycles. The molecule has 68 valence electrons. The molecule has 1 heterocycles. The molecule has 0 atom stereocenters. The lowest BCUT2D eigenvalue weighted by atomic mass is 9.87. The van der Waals surface area contributed by atoms with E-state index in [2.05, 4.69) is 44.0 Å². The smallest absolute Gasteiger partial charge is 0.0532 e. The summed E-state index contributed by atoms with van der Waals surface area (Å²) in [7, 11) is 0. The molecule has 1 heteroatoms. The summed E-state index contributed by atoms with van der Waals surface area (Å²) >= 11 is 0. The summed E-state index contributed by atoms with van der Waals surface area (Å²) in [5, 5.41) is 0. The van der Waals surface area contributed by atoms with Crippen molar-refractivity contribution in [3.05, 3.63) is 35.2 Å². The van der Waals surface area contributed by atoms with E-state index in [0.29, 0.717) is 0 Å². The van der Waals surface area contributed by atoms with Crippen molar-refractivity contribution >= 4 is 6.08 Å². The molecule has 0 unspecified atom stereocenters. The molecule has 0 amide bonds. The van der Waals surface area contributed by atoms with Gasteiger partial charge in [0.1, 0.15) is 0 Å². The molecule has 0 saturated carbocycles. The molecule has 2 rings (SSSR count). The van der Waals surface area contributed by atoms with Gasteiger partial charge in [0.2, 0.25) is 0 Å². The van der Waals surface area contributed by atoms with Crippen LogP contribution in [0.15, 0.2) is 18.3 Å². The van der Waals surface area contributed by atoms with Gasteiger partial charge in [0.25, 0.3) is 0 Å². The highest BCUT2D eigenvalue weighted by Crippen LogP contribution is 2.29. The minimum Gasteiger partial charge on any atom is -0.260 e. The Bertz CT molecular complexity index is 356. The minimum atomic E-state index is 0.153. The van der Waals surface area contributed by atoms with Crippen LogP contribution in [0.5, 0.6) is 0 Å². The van der Waals surface area contributed by atoms with Crippen molar-refractivity contribution in [2.75, 3.05) is 0 Å². The number of pyridine rings is 1. The van der Waals surface area contributed by atoms with E-state index < -0.39 is 0 Å². The first-order valence-electron chi connectivity index (χ1n) is 4.74. The van der Waals surface area contributed by atoms with Gasteiger partial charge in [-0.05, 0) is 23.6 Å². The summed E-state index contributed by atoms with van der Waals surface area (Å²) in [6, 6.07) is 2.12. The molecule has 0 radical (unpaired) electrons. The standard InChI is InChI=1S/C12H15N/c1-12(2,3)11-10-6-4-5-9(10)7-8-13-11/h4,6-8H,5H2,1-3H3. The van der Waals surface area contributed by atoms with E-state index in [9.17, 15) is 0 Å². The Hall–Kier alpha value is -1.11. The summed E-state index contributed by atoms with van der Waals surface area (Å²) in [6.07, 6.45) is 7.40. The maximum atomic E-state index is 4.47. The lowest BCUT2D eigenvalue weighted by molar-refractivity contribution is 0.567. The average Bonchev–Trinajstić information content (AvgIpc) is 2.48. The van der Waals surface area contributed by atoms with Gasteiger partial charge >= 0.3 is 0 Å². The monoisotopic (exact) mass is 173 g/mol. The van der Waals surface area contributed by atoms with Crippen LogP contribution in [0.1, 0.15) is 37.6 Å². The lowest BCUT2D eigenvalue weighted by Gasteiger charge is -2.20. The van der Waals surface area contributed by atoms with Crippen molar-refractivity contribution in [2.45, 2.75) is 32.6 Å². The van der Waals surface area contributed by atoms with E-state index in [-0.39, 0.29) is 5.41 Å². The average molecular weight is 173 g/mol. The number of fused-ring (bicyclic) bond motifs is 1. The fraction of sp³-hybridized carbons (Fsp3) is 0.417. The Morgan fingerprint density at radius 3 is 2.77 bits per heavy atom. The van der Waals surface area contributed by atoms with Crippen LogP contribution < -0.4 is 0 Å². The molecule has 0 spiro atoms. The molecule has 13 heavy (non-hydrogen) atoms. The number of rotatable bonds is 0. The van der Waals surface area contributed by atoms with E-state index in [1.165, 1.54) is 16.8 Å². The number of hydrogen-bond donors (Lipinski definition) is 0. The first-order chi connectivity index (χ1) is 6.09. The maximum absolute atomic E-state index is 4.47. The number of nitrogens with zero attached hydrogens (tertiary/aromatic N) is 1. The van der Waals surface area contributed by atoms with Gasteiger partial charge in [-0.1, -0.05) is 32.9 Å². The van der Waals surface area contributed by atoms with E-state index in [1.807, 2.05) is 6.20 Å². The largest absolute Gasteiger partial charge is 0.260 e. The van der Waals surface area contributed by atoms with Crippen molar-refractivity contribution < 1.29 is 0 Å². The molecule has 0 bridgehead atoms. The highest BCUT2D eigenvalue weighted by atomic mass is 14.7. The fourth-order valence-corrected chi connectivity index (χ4v) is 1.78. The highest BCUT2D eigenvalue weighted by Gasteiger charge is 2.21. The van der Waals surface area contributed by atoms with Crippen LogP contribution in [-0.4, -0.2) is 4.98 Å². The summed E-state index contributed by atoms with van der Waals surface area (Å²) in [5.41, 5.74) is 4.13. The molecule has 1 aromatic heterocycles. The molecule has 1 nitrogen and oxygen atoms in total. The quantitative estimate of drug-likeness (QED) is 0.587. The van der Waals surface area contributed by atoms with Crippen molar-refractivity contribution in [1.82, 2.24) is 4.98 Å². The predicted octanol–water partition coefficient (Wildman–Crippen LogP) is 2.95. The van der Waals surface area contributed by atoms with Gasteiger partial charge in [-0.15, -0.1) is 0 Å². The van der Waals surface area contributed by atoms with Crippen molar-refractivity contribution in [3.63, 3.8) is 0 Å². The van der Waals surface area contributed by atoms with E-state index in [1.54, 1.807) is 0 Å². The van der Waals surface area contributed by atoms with Crippen LogP contribution in [0.3, 0.4) is 0 Å². The molecule has 0 aliphatic heterocycles. The summed E-state index contributed by atoms with van der Waals surface area (Å²) < 4.78 is 0. The normalized spacial score (nSPS) is 14.7. The zero-order valence-corrected chi connectivity index (χ0v) is 8.46. The second kappa shape index (κ2) is 2.69. The first kappa shape index (κ1) is 8.49. The Kier molecular flexibility index (Phi) is 1.76. The van der Waals surface area contributed by atoms with Crippen molar-refractivity contribution in [3.8, 4) is 0 Å². The molecule has 1 aliphatic carbocycles. The third kappa shape index (κ3) is 1.39. The Morgan fingerprint density at radius 2 is 2.08 bits per heavy atom. The summed E-state index contributed by atoms with van der Waals surface area (Å²) in [6.45, 7) is 6.63. The van der Waals surface area contributed by atoms with Crippen LogP contribution in [0, 0.1) is 0 Å². The minimum absolute atomic E-state index is 0.153. The predicted molar refractivity (Wildman–Crippen MR) is 55.7 cm³/mol. The van der Waals surface area contributed by atoms with Gasteiger partial charge in [-0.25, -0.2) is 0 Å². The third-order valence-corrected chi connectivity index (χ3v) is 2.41. The number of allylic oxidation sites excluding steroid dienone is 1. The molecular formula is C12H15N. The van der Waals surface area contributed by atoms with Gasteiger partial charge < -0.3 is 0 Å². The van der Waals surface area contributed by atoms with E-state index in [4.69, 9.17) is 0 Å². The lowest BCUT2D eigenvalue weighted by Crippen LogP contribution is -2.15. The van der Waals surface area contributed by atoms with Gasteiger partial charge in [0.15, 0.2) is 0 Å². The van der Waals surface area contributed by atoms with Crippen molar-refractivity contribution in [1.29, 1.82) is 0 Å². The number of hydrogen-bond acceptors (Lipinski definition) is 1. The van der Waals surface area contributed by atoms with Gasteiger partial charge in [-0.2, -0.15) is 0 Å².